The number of aromatic nitrogens is 2. The molecule has 1 N–H and O–H groups in total. The number of aliphatic hydroxyl groups is 1. The zero-order chi connectivity index (χ0) is 24.0. The third-order valence-corrected chi connectivity index (χ3v) is 9.81. The number of fused-ring (bicyclic) bond motifs is 4. The predicted molar refractivity (Wildman–Crippen MR) is 141 cm³/mol. The Morgan fingerprint density at radius 3 is 2.69 bits per heavy atom. The average Bonchev–Trinajstić information content (AvgIpc) is 3.64. The van der Waals surface area contributed by atoms with Crippen molar-refractivity contribution in [2.24, 2.45) is 13.0 Å². The van der Waals surface area contributed by atoms with Crippen molar-refractivity contribution in [3.8, 4) is 5.75 Å². The number of hydrogen-bond donors (Lipinski definition) is 1. The van der Waals surface area contributed by atoms with Crippen LogP contribution in [0.1, 0.15) is 60.8 Å². The summed E-state index contributed by atoms with van der Waals surface area (Å²) in [5, 5.41) is 15.2. The Bertz CT molecular complexity index is 1160. The maximum absolute atomic E-state index is 10.7. The van der Waals surface area contributed by atoms with Crippen molar-refractivity contribution in [2.45, 2.75) is 56.5 Å². The zero-order valence-corrected chi connectivity index (χ0v) is 21.9. The van der Waals surface area contributed by atoms with Crippen LogP contribution >= 0.6 is 11.3 Å². The molecule has 7 heteroatoms. The van der Waals surface area contributed by atoms with Gasteiger partial charge in [-0.1, -0.05) is 12.8 Å². The van der Waals surface area contributed by atoms with Gasteiger partial charge in [0, 0.05) is 54.3 Å². The molecule has 3 aromatic rings. The number of thiazole rings is 1. The van der Waals surface area contributed by atoms with Crippen LogP contribution in [-0.4, -0.2) is 64.4 Å². The highest BCUT2D eigenvalue weighted by molar-refractivity contribution is 7.09. The quantitative estimate of drug-likeness (QED) is 0.538. The molecule has 2 aromatic heterocycles. The first kappa shape index (κ1) is 23.5. The summed E-state index contributed by atoms with van der Waals surface area (Å²) in [6.07, 6.45) is 9.89. The van der Waals surface area contributed by atoms with E-state index in [1.807, 2.05) is 6.20 Å². The first-order valence-electron chi connectivity index (χ1n) is 13.2. The molecule has 1 spiro atoms. The van der Waals surface area contributed by atoms with E-state index in [0.717, 1.165) is 42.9 Å². The molecule has 0 amide bonds. The second-order valence-electron chi connectivity index (χ2n) is 11.0. The van der Waals surface area contributed by atoms with E-state index in [-0.39, 0.29) is 18.1 Å². The molecule has 35 heavy (non-hydrogen) atoms. The number of likely N-dealkylation sites (tertiary alicyclic amines) is 1. The van der Waals surface area contributed by atoms with Gasteiger partial charge < -0.3 is 19.3 Å². The topological polar surface area (TPSA) is 53.8 Å². The smallest absolute Gasteiger partial charge is 0.120 e. The van der Waals surface area contributed by atoms with Gasteiger partial charge in [-0.2, -0.15) is 0 Å². The lowest BCUT2D eigenvalue weighted by Crippen LogP contribution is -2.54. The number of benzene rings is 1. The second kappa shape index (κ2) is 9.51. The van der Waals surface area contributed by atoms with Crippen molar-refractivity contribution >= 4 is 22.2 Å². The van der Waals surface area contributed by atoms with Gasteiger partial charge in [-0.3, -0.25) is 4.90 Å². The van der Waals surface area contributed by atoms with Crippen LogP contribution in [0.25, 0.3) is 10.9 Å². The number of ether oxygens (including phenoxy) is 1. The molecule has 0 unspecified atom stereocenters. The highest BCUT2D eigenvalue weighted by atomic mass is 32.1. The van der Waals surface area contributed by atoms with Gasteiger partial charge in [0.2, 0.25) is 0 Å². The maximum atomic E-state index is 10.7. The van der Waals surface area contributed by atoms with Gasteiger partial charge in [0.1, 0.15) is 10.8 Å². The maximum Gasteiger partial charge on any atom is 0.120 e. The lowest BCUT2D eigenvalue weighted by Gasteiger charge is -2.50. The van der Waals surface area contributed by atoms with Crippen LogP contribution in [-0.2, 0) is 19.0 Å². The number of aliphatic hydroxyl groups excluding tert-OH is 1. The molecule has 1 aliphatic carbocycles. The number of methoxy groups -OCH3 is 1. The van der Waals surface area contributed by atoms with Gasteiger partial charge in [-0.05, 0) is 62.4 Å². The molecule has 3 aliphatic rings. The van der Waals surface area contributed by atoms with Crippen molar-refractivity contribution in [1.29, 1.82) is 0 Å². The zero-order valence-electron chi connectivity index (χ0n) is 21.1. The van der Waals surface area contributed by atoms with E-state index >= 15 is 0 Å². The van der Waals surface area contributed by atoms with Crippen molar-refractivity contribution in [2.75, 3.05) is 39.9 Å². The summed E-state index contributed by atoms with van der Waals surface area (Å²) in [6.45, 7) is 5.49. The number of rotatable bonds is 6. The minimum atomic E-state index is -0.0283. The summed E-state index contributed by atoms with van der Waals surface area (Å²) in [4.78, 5) is 9.83. The van der Waals surface area contributed by atoms with Crippen molar-refractivity contribution < 1.29 is 9.84 Å². The highest BCUT2D eigenvalue weighted by Gasteiger charge is 2.48. The fraction of sp³-hybridized carbons (Fsp3) is 0.607. The Morgan fingerprint density at radius 2 is 2.00 bits per heavy atom. The van der Waals surface area contributed by atoms with Gasteiger partial charge in [0.05, 0.1) is 31.8 Å². The molecule has 1 aromatic carbocycles. The number of hydrogen-bond acceptors (Lipinski definition) is 6. The van der Waals surface area contributed by atoms with Crippen LogP contribution in [0.5, 0.6) is 5.75 Å². The number of aryl methyl sites for hydroxylation is 1. The van der Waals surface area contributed by atoms with E-state index in [0.29, 0.717) is 0 Å². The van der Waals surface area contributed by atoms with Gasteiger partial charge in [-0.25, -0.2) is 4.98 Å². The molecule has 188 valence electrons. The van der Waals surface area contributed by atoms with Gasteiger partial charge in [-0.15, -0.1) is 11.3 Å². The molecule has 1 atom stereocenters. The average molecular weight is 495 g/mol. The minimum absolute atomic E-state index is 0.0283. The fourth-order valence-electron chi connectivity index (χ4n) is 7.26. The summed E-state index contributed by atoms with van der Waals surface area (Å²) >= 11 is 1.71. The molecule has 1 saturated carbocycles. The summed E-state index contributed by atoms with van der Waals surface area (Å²) in [5.74, 6) is 1.78. The Labute approximate surface area is 212 Å². The van der Waals surface area contributed by atoms with Crippen LogP contribution in [0, 0.1) is 5.92 Å². The monoisotopic (exact) mass is 494 g/mol. The highest BCUT2D eigenvalue weighted by Crippen LogP contribution is 2.50. The third-order valence-electron chi connectivity index (χ3n) is 9.04. The van der Waals surface area contributed by atoms with Crippen molar-refractivity contribution in [1.82, 2.24) is 19.4 Å². The van der Waals surface area contributed by atoms with Crippen LogP contribution in [0.3, 0.4) is 0 Å². The SMILES string of the molecule is COc1ccc2c3c(n(C)c2c1)[C@@H](CO)N(Cc1nccs1)CC31CCN(CC2CCCC2)CC1. The first-order chi connectivity index (χ1) is 17.1. The molecule has 1 saturated heterocycles. The largest absolute Gasteiger partial charge is 0.497 e. The fourth-order valence-corrected chi connectivity index (χ4v) is 7.90. The lowest BCUT2D eigenvalue weighted by molar-refractivity contribution is 0.0390. The van der Waals surface area contributed by atoms with Crippen LogP contribution in [0.15, 0.2) is 29.8 Å². The molecule has 0 bridgehead atoms. The number of nitrogens with zero attached hydrogens (tertiary/aromatic N) is 4. The standard InChI is InChI=1S/C28H38N4O2S/c1-30-23-15-21(34-2)7-8-22(23)26-27(30)24(18-33)32(17-25-29-11-14-35-25)19-28(26)9-12-31(13-10-28)16-20-5-3-4-6-20/h7-8,11,14-15,20,24,33H,3-6,9-10,12-13,16-19H2,1-2H3/t24-/m1/s1. The summed E-state index contributed by atoms with van der Waals surface area (Å²) in [7, 11) is 3.90. The Kier molecular flexibility index (Phi) is 6.37. The van der Waals surface area contributed by atoms with Crippen molar-refractivity contribution in [3.63, 3.8) is 0 Å². The third kappa shape index (κ3) is 4.10. The van der Waals surface area contributed by atoms with E-state index in [1.54, 1.807) is 18.4 Å². The summed E-state index contributed by atoms with van der Waals surface area (Å²) in [6, 6.07) is 6.49. The second-order valence-corrected chi connectivity index (χ2v) is 11.9. The minimum Gasteiger partial charge on any atom is -0.497 e. The van der Waals surface area contributed by atoms with E-state index in [2.05, 4.69) is 50.0 Å². The Balaban J connectivity index is 1.40. The van der Waals surface area contributed by atoms with Crippen molar-refractivity contribution in [3.05, 3.63) is 46.0 Å². The van der Waals surface area contributed by atoms with E-state index in [9.17, 15) is 5.11 Å². The lowest BCUT2D eigenvalue weighted by atomic mass is 9.68. The number of piperidine rings is 1. The molecule has 4 heterocycles. The summed E-state index contributed by atoms with van der Waals surface area (Å²) < 4.78 is 7.91. The van der Waals surface area contributed by atoms with E-state index in [1.165, 1.54) is 67.2 Å². The van der Waals surface area contributed by atoms with Crippen LogP contribution in [0.4, 0.5) is 0 Å². The van der Waals surface area contributed by atoms with Gasteiger partial charge >= 0.3 is 0 Å². The van der Waals surface area contributed by atoms with Crippen LogP contribution < -0.4 is 4.74 Å². The first-order valence-corrected chi connectivity index (χ1v) is 14.1. The molecule has 6 rings (SSSR count). The molecular weight excluding hydrogens is 456 g/mol. The predicted octanol–water partition coefficient (Wildman–Crippen LogP) is 4.72. The van der Waals surface area contributed by atoms with E-state index < -0.39 is 0 Å². The van der Waals surface area contributed by atoms with E-state index in [4.69, 9.17) is 4.74 Å². The molecule has 0 radical (unpaired) electrons. The Hall–Kier alpha value is -1.93. The Morgan fingerprint density at radius 1 is 1.20 bits per heavy atom. The molecule has 6 nitrogen and oxygen atoms in total. The molecule has 2 fully saturated rings. The van der Waals surface area contributed by atoms with Gasteiger partial charge in [0.25, 0.3) is 0 Å². The van der Waals surface area contributed by atoms with Gasteiger partial charge in [0.15, 0.2) is 0 Å². The molecule has 2 aliphatic heterocycles. The molecular formula is C28H38N4O2S. The summed E-state index contributed by atoms with van der Waals surface area (Å²) in [5.41, 5.74) is 4.06. The normalized spacial score (nSPS) is 23.3. The van der Waals surface area contributed by atoms with Crippen LogP contribution in [0.2, 0.25) is 0 Å².